The van der Waals surface area contributed by atoms with Crippen LogP contribution in [0.2, 0.25) is 0 Å². The summed E-state index contributed by atoms with van der Waals surface area (Å²) in [6.07, 6.45) is -0.800. The molecular weight excluding hydrogens is 641 g/mol. The van der Waals surface area contributed by atoms with Crippen LogP contribution in [0.5, 0.6) is 0 Å². The van der Waals surface area contributed by atoms with Crippen molar-refractivity contribution in [1.29, 1.82) is 0 Å². The highest BCUT2D eigenvalue weighted by Crippen LogP contribution is 2.36. The van der Waals surface area contributed by atoms with Crippen molar-refractivity contribution < 1.29 is 19.2 Å². The van der Waals surface area contributed by atoms with Crippen LogP contribution in [0.3, 0.4) is 0 Å². The molecule has 3 aromatic rings. The van der Waals surface area contributed by atoms with E-state index < -0.39 is 21.4 Å². The van der Waals surface area contributed by atoms with E-state index in [0.717, 1.165) is 16.2 Å². The van der Waals surface area contributed by atoms with Crippen LogP contribution < -0.4 is 10.2 Å². The Bertz CT molecular complexity index is 1320. The summed E-state index contributed by atoms with van der Waals surface area (Å²) in [5, 5.41) is 14.4. The second kappa shape index (κ2) is 13.0. The Morgan fingerprint density at radius 2 is 1.71 bits per heavy atom. The lowest BCUT2D eigenvalue weighted by atomic mass is 10.1. The first-order chi connectivity index (χ1) is 17.8. The van der Waals surface area contributed by atoms with Crippen molar-refractivity contribution >= 4 is 91.6 Å². The Balaban J connectivity index is 1.77. The van der Waals surface area contributed by atoms with Gasteiger partial charge in [-0.15, -0.1) is 0 Å². The molecule has 1 N–H and O–H groups in total. The maximum Gasteiger partial charge on any atom is 0.411 e. The van der Waals surface area contributed by atoms with E-state index in [1.807, 2.05) is 26.0 Å². The van der Waals surface area contributed by atoms with E-state index in [0.29, 0.717) is 21.2 Å². The molecule has 0 fully saturated rings. The second-order valence-corrected chi connectivity index (χ2v) is 12.7. The van der Waals surface area contributed by atoms with E-state index in [2.05, 4.69) is 21.2 Å². The summed E-state index contributed by atoms with van der Waals surface area (Å²) in [7, 11) is 0. The number of alkyl halides is 3. The molecule has 2 amide bonds. The quantitative estimate of drug-likeness (QED) is 0.148. The van der Waals surface area contributed by atoms with Crippen molar-refractivity contribution in [2.24, 2.45) is 0 Å². The van der Waals surface area contributed by atoms with Gasteiger partial charge in [0.15, 0.2) is 0 Å². The SMILES string of the molecule is CC(C)N(C(=O)c1ccc(Sc2ccc(NC(=O)OCC(Cl)(Cl)Cl)cc2)c([N+](=O)[O-])c1)c1ccc(Br)cc1. The molecule has 0 spiro atoms. The highest BCUT2D eigenvalue weighted by Gasteiger charge is 2.25. The van der Waals surface area contributed by atoms with Crippen molar-refractivity contribution in [1.82, 2.24) is 0 Å². The van der Waals surface area contributed by atoms with Gasteiger partial charge in [-0.05, 0) is 74.5 Å². The third kappa shape index (κ3) is 8.51. The normalized spacial score (nSPS) is 11.2. The van der Waals surface area contributed by atoms with Gasteiger partial charge in [-0.3, -0.25) is 20.2 Å². The standard InChI is InChI=1S/C25H21BrCl3N3O5S/c1-15(2)31(19-8-4-17(26)5-9-19)23(33)16-3-12-22(21(13-16)32(35)36)38-20-10-6-18(7-11-20)30-24(34)37-14-25(27,28)29/h3-13,15H,14H2,1-2H3,(H,30,34). The molecule has 38 heavy (non-hydrogen) atoms. The van der Waals surface area contributed by atoms with Gasteiger partial charge in [0.1, 0.15) is 6.61 Å². The number of hydrogen-bond donors (Lipinski definition) is 1. The number of nitro groups is 1. The molecule has 0 aliphatic rings. The number of carbonyl (C=O) groups excluding carboxylic acids is 2. The summed E-state index contributed by atoms with van der Waals surface area (Å²) in [6.45, 7) is 3.33. The number of carbonyl (C=O) groups is 2. The van der Waals surface area contributed by atoms with Crippen molar-refractivity contribution in [3.63, 3.8) is 0 Å². The largest absolute Gasteiger partial charge is 0.445 e. The lowest BCUT2D eigenvalue weighted by Gasteiger charge is -2.27. The average molecular weight is 662 g/mol. The van der Waals surface area contributed by atoms with E-state index >= 15 is 0 Å². The zero-order valence-corrected chi connectivity index (χ0v) is 24.7. The molecule has 3 rings (SSSR count). The molecule has 0 atom stereocenters. The van der Waals surface area contributed by atoms with Crippen LogP contribution in [-0.2, 0) is 4.74 Å². The van der Waals surface area contributed by atoms with Gasteiger partial charge in [0.05, 0.1) is 9.82 Å². The predicted octanol–water partition coefficient (Wildman–Crippen LogP) is 8.48. The summed E-state index contributed by atoms with van der Waals surface area (Å²) in [5.41, 5.74) is 1.10. The first-order valence-electron chi connectivity index (χ1n) is 11.0. The minimum atomic E-state index is -1.72. The molecule has 13 heteroatoms. The maximum absolute atomic E-state index is 13.4. The fraction of sp³-hybridized carbons (Fsp3) is 0.200. The summed E-state index contributed by atoms with van der Waals surface area (Å²) < 4.78 is 3.96. The van der Waals surface area contributed by atoms with E-state index in [4.69, 9.17) is 39.5 Å². The molecule has 3 aromatic carbocycles. The first-order valence-corrected chi connectivity index (χ1v) is 13.7. The predicted molar refractivity (Wildman–Crippen MR) is 155 cm³/mol. The Morgan fingerprint density at radius 1 is 1.08 bits per heavy atom. The summed E-state index contributed by atoms with van der Waals surface area (Å²) in [6, 6.07) is 18.0. The Morgan fingerprint density at radius 3 is 2.26 bits per heavy atom. The van der Waals surface area contributed by atoms with E-state index in [1.165, 1.54) is 6.07 Å². The average Bonchev–Trinajstić information content (AvgIpc) is 2.84. The highest BCUT2D eigenvalue weighted by molar-refractivity contribution is 9.10. The zero-order valence-electron chi connectivity index (χ0n) is 20.0. The van der Waals surface area contributed by atoms with E-state index in [9.17, 15) is 19.7 Å². The minimum Gasteiger partial charge on any atom is -0.445 e. The minimum absolute atomic E-state index is 0.177. The van der Waals surface area contributed by atoms with E-state index in [1.54, 1.807) is 53.4 Å². The van der Waals surface area contributed by atoms with Gasteiger partial charge in [0, 0.05) is 38.4 Å². The number of nitrogens with one attached hydrogen (secondary N) is 1. The van der Waals surface area contributed by atoms with Gasteiger partial charge in [-0.2, -0.15) is 0 Å². The molecule has 0 bridgehead atoms. The number of halogens is 4. The number of amides is 2. The van der Waals surface area contributed by atoms with Crippen LogP contribution in [0.25, 0.3) is 0 Å². The molecule has 0 aliphatic carbocycles. The van der Waals surface area contributed by atoms with Crippen LogP contribution in [0, 0.1) is 10.1 Å². The summed E-state index contributed by atoms with van der Waals surface area (Å²) in [5.74, 6) is -0.348. The molecule has 0 aliphatic heterocycles. The second-order valence-electron chi connectivity index (χ2n) is 8.13. The fourth-order valence-corrected chi connectivity index (χ4v) is 4.63. The summed E-state index contributed by atoms with van der Waals surface area (Å²) >= 11 is 21.2. The smallest absolute Gasteiger partial charge is 0.411 e. The molecule has 8 nitrogen and oxygen atoms in total. The first kappa shape index (κ1) is 30.0. The van der Waals surface area contributed by atoms with Crippen molar-refractivity contribution in [2.75, 3.05) is 16.8 Å². The maximum atomic E-state index is 13.4. The van der Waals surface area contributed by atoms with Crippen LogP contribution >= 0.6 is 62.5 Å². The molecular formula is C25H21BrCl3N3O5S. The van der Waals surface area contributed by atoms with Gasteiger partial charge in [0.2, 0.25) is 3.79 Å². The number of nitro benzene ring substituents is 1. The number of anilines is 2. The van der Waals surface area contributed by atoms with Crippen molar-refractivity contribution in [3.8, 4) is 0 Å². The number of benzene rings is 3. The van der Waals surface area contributed by atoms with E-state index in [-0.39, 0.29) is 23.2 Å². The topological polar surface area (TPSA) is 102 Å². The summed E-state index contributed by atoms with van der Waals surface area (Å²) in [4.78, 5) is 39.1. The molecule has 200 valence electrons. The zero-order chi connectivity index (χ0) is 28.0. The molecule has 0 unspecified atom stereocenters. The van der Waals surface area contributed by atoms with Crippen molar-refractivity contribution in [3.05, 3.63) is 86.9 Å². The van der Waals surface area contributed by atoms with Gasteiger partial charge in [0.25, 0.3) is 11.6 Å². The third-order valence-electron chi connectivity index (χ3n) is 4.94. The number of nitrogens with zero attached hydrogens (tertiary/aromatic N) is 2. The Labute approximate surface area is 246 Å². The molecule has 0 saturated carbocycles. The van der Waals surface area contributed by atoms with Gasteiger partial charge < -0.3 is 9.64 Å². The number of hydrogen-bond acceptors (Lipinski definition) is 6. The van der Waals surface area contributed by atoms with Crippen LogP contribution in [0.4, 0.5) is 21.9 Å². The Kier molecular flexibility index (Phi) is 10.3. The van der Waals surface area contributed by atoms with Crippen LogP contribution in [-0.4, -0.2) is 33.4 Å². The lowest BCUT2D eigenvalue weighted by molar-refractivity contribution is -0.387. The molecule has 0 heterocycles. The Hall–Kier alpha value is -2.50. The van der Waals surface area contributed by atoms with Crippen LogP contribution in [0.15, 0.2) is 81.0 Å². The van der Waals surface area contributed by atoms with Gasteiger partial charge >= 0.3 is 6.09 Å². The van der Waals surface area contributed by atoms with Crippen molar-refractivity contribution in [2.45, 2.75) is 33.5 Å². The highest BCUT2D eigenvalue weighted by atomic mass is 79.9. The fourth-order valence-electron chi connectivity index (χ4n) is 3.30. The monoisotopic (exact) mass is 659 g/mol. The van der Waals surface area contributed by atoms with Gasteiger partial charge in [-0.1, -0.05) is 62.5 Å². The van der Waals surface area contributed by atoms with Gasteiger partial charge in [-0.25, -0.2) is 4.79 Å². The molecule has 0 radical (unpaired) electrons. The number of ether oxygens (including phenoxy) is 1. The number of rotatable bonds is 8. The van der Waals surface area contributed by atoms with Crippen LogP contribution in [0.1, 0.15) is 24.2 Å². The molecule has 0 aromatic heterocycles. The third-order valence-corrected chi connectivity index (χ3v) is 6.87. The molecule has 0 saturated heterocycles. The lowest BCUT2D eigenvalue weighted by Crippen LogP contribution is -2.37.